The van der Waals surface area contributed by atoms with Gasteiger partial charge in [0.15, 0.2) is 5.13 Å². The van der Waals surface area contributed by atoms with Crippen LogP contribution in [0.25, 0.3) is 0 Å². The highest BCUT2D eigenvalue weighted by molar-refractivity contribution is 7.13. The topological polar surface area (TPSA) is 62.3 Å². The molecule has 1 rings (SSSR count). The van der Waals surface area contributed by atoms with Crippen molar-refractivity contribution in [2.75, 3.05) is 18.4 Å². The highest BCUT2D eigenvalue weighted by Gasteiger charge is 2.24. The largest absolute Gasteiger partial charge is 0.333 e. The Morgan fingerprint density at radius 2 is 2.00 bits per heavy atom. The molecule has 1 atom stereocenters. The summed E-state index contributed by atoms with van der Waals surface area (Å²) in [6.07, 6.45) is 4.76. The number of unbranched alkanes of at least 4 members (excludes halogenated alkanes) is 1. The van der Waals surface area contributed by atoms with Crippen LogP contribution in [-0.4, -0.2) is 34.8 Å². The Morgan fingerprint density at radius 3 is 2.52 bits per heavy atom. The van der Waals surface area contributed by atoms with Gasteiger partial charge in [-0.05, 0) is 32.1 Å². The summed E-state index contributed by atoms with van der Waals surface area (Å²) in [6.45, 7) is 11.1. The molecule has 0 unspecified atom stereocenters. The lowest BCUT2D eigenvalue weighted by Crippen LogP contribution is -2.42. The van der Waals surface area contributed by atoms with Crippen molar-refractivity contribution in [3.8, 4) is 0 Å². The smallest absolute Gasteiger partial charge is 0.245 e. The van der Waals surface area contributed by atoms with Crippen LogP contribution < -0.4 is 5.32 Å². The molecule has 0 radical (unpaired) electrons. The molecule has 5 nitrogen and oxygen atoms in total. The standard InChI is InChI=1S/C19H33N3O2S/c1-6-8-9-16(7-2)18(24)22(11-10-14(3)4)12-17(23)21-19-20-15(5)13-25-19/h13-14,16H,6-12H2,1-5H3,(H,20,21,23)/t16-/m0/s1. The molecule has 0 aliphatic carbocycles. The minimum atomic E-state index is -0.170. The lowest BCUT2D eigenvalue weighted by Gasteiger charge is -2.27. The Balaban J connectivity index is 2.72. The Bertz CT molecular complexity index is 543. The number of carbonyl (C=O) groups is 2. The minimum Gasteiger partial charge on any atom is -0.333 e. The fourth-order valence-corrected chi connectivity index (χ4v) is 3.34. The summed E-state index contributed by atoms with van der Waals surface area (Å²) >= 11 is 1.41. The van der Waals surface area contributed by atoms with Crippen molar-refractivity contribution in [2.24, 2.45) is 11.8 Å². The number of rotatable bonds is 11. The van der Waals surface area contributed by atoms with E-state index in [2.05, 4.69) is 38.0 Å². The van der Waals surface area contributed by atoms with Gasteiger partial charge in [0.2, 0.25) is 11.8 Å². The van der Waals surface area contributed by atoms with Crippen molar-refractivity contribution in [1.29, 1.82) is 0 Å². The first-order valence-corrected chi connectivity index (χ1v) is 10.3. The minimum absolute atomic E-state index is 0.0158. The lowest BCUT2D eigenvalue weighted by molar-refractivity contribution is -0.138. The van der Waals surface area contributed by atoms with Crippen LogP contribution in [-0.2, 0) is 9.59 Å². The SMILES string of the molecule is CCCC[C@H](CC)C(=O)N(CCC(C)C)CC(=O)Nc1nc(C)cs1. The molecule has 0 bridgehead atoms. The monoisotopic (exact) mass is 367 g/mol. The number of anilines is 1. The lowest BCUT2D eigenvalue weighted by atomic mass is 9.97. The molecule has 0 aliphatic rings. The van der Waals surface area contributed by atoms with E-state index < -0.39 is 0 Å². The number of nitrogens with zero attached hydrogens (tertiary/aromatic N) is 2. The van der Waals surface area contributed by atoms with Crippen molar-refractivity contribution in [3.63, 3.8) is 0 Å². The van der Waals surface area contributed by atoms with E-state index in [0.29, 0.717) is 17.6 Å². The van der Waals surface area contributed by atoms with Gasteiger partial charge in [0, 0.05) is 17.8 Å². The van der Waals surface area contributed by atoms with Gasteiger partial charge in [0.05, 0.1) is 12.2 Å². The van der Waals surface area contributed by atoms with E-state index in [-0.39, 0.29) is 24.3 Å². The predicted molar refractivity (Wildman–Crippen MR) is 105 cm³/mol. The van der Waals surface area contributed by atoms with E-state index >= 15 is 0 Å². The third-order valence-corrected chi connectivity index (χ3v) is 5.11. The summed E-state index contributed by atoms with van der Waals surface area (Å²) in [5, 5.41) is 5.30. The maximum absolute atomic E-state index is 12.9. The second-order valence-electron chi connectivity index (χ2n) is 7.03. The summed E-state index contributed by atoms with van der Waals surface area (Å²) in [4.78, 5) is 31.3. The average Bonchev–Trinajstić information content (AvgIpc) is 2.96. The first-order chi connectivity index (χ1) is 11.9. The molecule has 1 aromatic rings. The van der Waals surface area contributed by atoms with Gasteiger partial charge >= 0.3 is 0 Å². The molecular weight excluding hydrogens is 334 g/mol. The van der Waals surface area contributed by atoms with E-state index in [1.807, 2.05) is 12.3 Å². The summed E-state index contributed by atoms with van der Waals surface area (Å²) in [5.74, 6) is 0.455. The summed E-state index contributed by atoms with van der Waals surface area (Å²) in [5.41, 5.74) is 0.888. The van der Waals surface area contributed by atoms with Gasteiger partial charge in [-0.25, -0.2) is 4.98 Å². The molecule has 0 spiro atoms. The van der Waals surface area contributed by atoms with Gasteiger partial charge in [-0.15, -0.1) is 11.3 Å². The van der Waals surface area contributed by atoms with Crippen LogP contribution in [0.5, 0.6) is 0 Å². The van der Waals surface area contributed by atoms with E-state index in [0.717, 1.165) is 37.8 Å². The zero-order valence-electron chi connectivity index (χ0n) is 16.3. The first kappa shape index (κ1) is 21.6. The van der Waals surface area contributed by atoms with Crippen molar-refractivity contribution in [3.05, 3.63) is 11.1 Å². The average molecular weight is 368 g/mol. The maximum Gasteiger partial charge on any atom is 0.245 e. The number of aromatic nitrogens is 1. The van der Waals surface area contributed by atoms with Gasteiger partial charge < -0.3 is 10.2 Å². The van der Waals surface area contributed by atoms with Crippen LogP contribution in [0.2, 0.25) is 0 Å². The van der Waals surface area contributed by atoms with Gasteiger partial charge in [0.1, 0.15) is 0 Å². The molecule has 2 amide bonds. The molecule has 6 heteroatoms. The molecule has 0 aromatic carbocycles. The molecule has 0 saturated carbocycles. The van der Waals surface area contributed by atoms with Crippen molar-refractivity contribution in [1.82, 2.24) is 9.88 Å². The van der Waals surface area contributed by atoms with Crippen molar-refractivity contribution in [2.45, 2.75) is 66.7 Å². The molecule has 142 valence electrons. The molecule has 1 heterocycles. The normalized spacial score (nSPS) is 12.2. The zero-order valence-corrected chi connectivity index (χ0v) is 17.1. The third-order valence-electron chi connectivity index (χ3n) is 4.24. The Morgan fingerprint density at radius 1 is 1.28 bits per heavy atom. The third kappa shape index (κ3) is 7.99. The van der Waals surface area contributed by atoms with Crippen LogP contribution in [0.1, 0.15) is 65.5 Å². The molecule has 1 N–H and O–H groups in total. The van der Waals surface area contributed by atoms with E-state index in [4.69, 9.17) is 0 Å². The number of hydrogen-bond acceptors (Lipinski definition) is 4. The van der Waals surface area contributed by atoms with E-state index in [9.17, 15) is 9.59 Å². The van der Waals surface area contributed by atoms with Gasteiger partial charge in [-0.2, -0.15) is 0 Å². The highest BCUT2D eigenvalue weighted by atomic mass is 32.1. The maximum atomic E-state index is 12.9. The summed E-state index contributed by atoms with van der Waals surface area (Å²) < 4.78 is 0. The Hall–Kier alpha value is -1.43. The first-order valence-electron chi connectivity index (χ1n) is 9.38. The molecule has 0 aliphatic heterocycles. The number of thiazole rings is 1. The molecule has 0 fully saturated rings. The van der Waals surface area contributed by atoms with Crippen LogP contribution >= 0.6 is 11.3 Å². The fourth-order valence-electron chi connectivity index (χ4n) is 2.64. The van der Waals surface area contributed by atoms with Gasteiger partial charge in [0.25, 0.3) is 0 Å². The number of carbonyl (C=O) groups excluding carboxylic acids is 2. The summed E-state index contributed by atoms with van der Waals surface area (Å²) in [7, 11) is 0. The second-order valence-corrected chi connectivity index (χ2v) is 7.89. The van der Waals surface area contributed by atoms with Crippen molar-refractivity contribution < 1.29 is 9.59 Å². The number of nitrogens with one attached hydrogen (secondary N) is 1. The molecule has 25 heavy (non-hydrogen) atoms. The fraction of sp³-hybridized carbons (Fsp3) is 0.737. The van der Waals surface area contributed by atoms with E-state index in [1.165, 1.54) is 11.3 Å². The Kier molecular flexibility index (Phi) is 9.71. The number of aryl methyl sites for hydroxylation is 1. The van der Waals surface area contributed by atoms with Gasteiger partial charge in [-0.1, -0.05) is 40.5 Å². The highest BCUT2D eigenvalue weighted by Crippen LogP contribution is 2.18. The van der Waals surface area contributed by atoms with Gasteiger partial charge in [-0.3, -0.25) is 9.59 Å². The Labute approximate surface area is 156 Å². The predicted octanol–water partition coefficient (Wildman–Crippen LogP) is 4.48. The zero-order chi connectivity index (χ0) is 18.8. The molecule has 0 saturated heterocycles. The summed E-state index contributed by atoms with van der Waals surface area (Å²) in [6, 6.07) is 0. The van der Waals surface area contributed by atoms with Crippen molar-refractivity contribution >= 4 is 28.3 Å². The molecular formula is C19H33N3O2S. The molecule has 1 aromatic heterocycles. The number of amides is 2. The quantitative estimate of drug-likeness (QED) is 0.627. The second kappa shape index (κ2) is 11.2. The van der Waals surface area contributed by atoms with Crippen LogP contribution in [0.15, 0.2) is 5.38 Å². The number of hydrogen-bond donors (Lipinski definition) is 1. The van der Waals surface area contributed by atoms with Crippen LogP contribution in [0.4, 0.5) is 5.13 Å². The van der Waals surface area contributed by atoms with Crippen LogP contribution in [0, 0.1) is 18.8 Å². The van der Waals surface area contributed by atoms with Crippen LogP contribution in [0.3, 0.4) is 0 Å². The van der Waals surface area contributed by atoms with E-state index in [1.54, 1.807) is 4.90 Å².